The Hall–Kier alpha value is -1.92. The molecule has 0 radical (unpaired) electrons. The van der Waals surface area contributed by atoms with Gasteiger partial charge in [0.2, 0.25) is 11.8 Å². The lowest BCUT2D eigenvalue weighted by Crippen LogP contribution is -2.35. The van der Waals surface area contributed by atoms with Crippen molar-refractivity contribution in [3.05, 3.63) is 35.9 Å². The van der Waals surface area contributed by atoms with Crippen molar-refractivity contribution in [2.75, 3.05) is 26.3 Å². The maximum Gasteiger partial charge on any atom is 0.243 e. The molecule has 2 amide bonds. The second-order valence-corrected chi connectivity index (χ2v) is 4.01. The van der Waals surface area contributed by atoms with Crippen molar-refractivity contribution in [3.8, 4) is 0 Å². The number of amides is 2. The summed E-state index contributed by atoms with van der Waals surface area (Å²) in [5.74, 6) is -1.07. The van der Waals surface area contributed by atoms with Crippen molar-refractivity contribution in [1.29, 1.82) is 0 Å². The first-order chi connectivity index (χ1) is 9.15. The first kappa shape index (κ1) is 15.1. The molecule has 0 aliphatic rings. The molecular weight excluding hydrogens is 246 g/mol. The number of carbonyl (C=O) groups is 2. The van der Waals surface area contributed by atoms with Crippen molar-refractivity contribution < 1.29 is 14.3 Å². The van der Waals surface area contributed by atoms with Crippen LogP contribution in [0.4, 0.5) is 0 Å². The Bertz CT molecular complexity index is 409. The molecule has 0 aliphatic heterocycles. The van der Waals surface area contributed by atoms with Crippen LogP contribution in [-0.4, -0.2) is 38.1 Å². The maximum absolute atomic E-state index is 11.9. The lowest BCUT2D eigenvalue weighted by molar-refractivity contribution is -0.123. The minimum atomic E-state index is -0.532. The molecule has 1 atom stereocenters. The van der Waals surface area contributed by atoms with Crippen molar-refractivity contribution in [3.63, 3.8) is 0 Å². The van der Waals surface area contributed by atoms with E-state index in [0.717, 1.165) is 5.56 Å². The summed E-state index contributed by atoms with van der Waals surface area (Å²) in [4.78, 5) is 22.4. The fourth-order valence-electron chi connectivity index (χ4n) is 1.62. The Kier molecular flexibility index (Phi) is 6.56. The molecule has 1 aromatic carbocycles. The number of hydrogen-bond donors (Lipinski definition) is 3. The number of primary amides is 1. The minimum Gasteiger partial charge on any atom is -0.370 e. The molecule has 6 heteroatoms. The molecule has 19 heavy (non-hydrogen) atoms. The van der Waals surface area contributed by atoms with Crippen LogP contribution in [-0.2, 0) is 14.3 Å². The van der Waals surface area contributed by atoms with E-state index in [1.165, 1.54) is 0 Å². The summed E-state index contributed by atoms with van der Waals surface area (Å²) in [6, 6.07) is 9.33. The number of nitrogens with two attached hydrogens (primary N) is 2. The third kappa shape index (κ3) is 5.50. The van der Waals surface area contributed by atoms with Crippen LogP contribution < -0.4 is 16.8 Å². The van der Waals surface area contributed by atoms with Crippen LogP contribution in [0.25, 0.3) is 0 Å². The van der Waals surface area contributed by atoms with E-state index >= 15 is 0 Å². The second-order valence-electron chi connectivity index (χ2n) is 4.01. The summed E-state index contributed by atoms with van der Waals surface area (Å²) in [5.41, 5.74) is 11.4. The van der Waals surface area contributed by atoms with Crippen LogP contribution >= 0.6 is 0 Å². The first-order valence-corrected chi connectivity index (χ1v) is 6.04. The molecule has 1 unspecified atom stereocenters. The van der Waals surface area contributed by atoms with Gasteiger partial charge in [-0.1, -0.05) is 30.3 Å². The van der Waals surface area contributed by atoms with Gasteiger partial charge in [-0.05, 0) is 5.56 Å². The molecule has 5 N–H and O–H groups in total. The number of nitrogens with one attached hydrogen (secondary N) is 1. The molecule has 6 nitrogen and oxygen atoms in total. The summed E-state index contributed by atoms with van der Waals surface area (Å²) >= 11 is 0. The average Bonchev–Trinajstić information content (AvgIpc) is 2.40. The van der Waals surface area contributed by atoms with E-state index in [1.807, 2.05) is 30.3 Å². The predicted octanol–water partition coefficient (Wildman–Crippen LogP) is -0.653. The van der Waals surface area contributed by atoms with Crippen LogP contribution in [0.3, 0.4) is 0 Å². The highest BCUT2D eigenvalue weighted by Gasteiger charge is 2.17. The highest BCUT2D eigenvalue weighted by molar-refractivity contribution is 5.83. The molecule has 0 saturated carbocycles. The van der Waals surface area contributed by atoms with E-state index in [9.17, 15) is 9.59 Å². The van der Waals surface area contributed by atoms with E-state index < -0.39 is 5.91 Å². The smallest absolute Gasteiger partial charge is 0.243 e. The van der Waals surface area contributed by atoms with Gasteiger partial charge in [0.25, 0.3) is 0 Å². The molecule has 0 fully saturated rings. The van der Waals surface area contributed by atoms with Gasteiger partial charge in [0.1, 0.15) is 6.61 Å². The number of benzene rings is 1. The van der Waals surface area contributed by atoms with Crippen molar-refractivity contribution in [1.82, 2.24) is 5.32 Å². The number of ether oxygens (including phenoxy) is 1. The van der Waals surface area contributed by atoms with Gasteiger partial charge >= 0.3 is 0 Å². The molecule has 0 spiro atoms. The van der Waals surface area contributed by atoms with Gasteiger partial charge in [-0.2, -0.15) is 0 Å². The monoisotopic (exact) mass is 265 g/mol. The lowest BCUT2D eigenvalue weighted by atomic mass is 9.98. The van der Waals surface area contributed by atoms with E-state index in [2.05, 4.69) is 5.32 Å². The minimum absolute atomic E-state index is 0.144. The fourth-order valence-corrected chi connectivity index (χ4v) is 1.62. The molecule has 0 heterocycles. The predicted molar refractivity (Wildman–Crippen MR) is 71.3 cm³/mol. The van der Waals surface area contributed by atoms with Crippen molar-refractivity contribution in [2.24, 2.45) is 11.5 Å². The standard InChI is InChI=1S/C13H19N3O3/c14-8-11(10-4-2-1-3-5-10)13(18)16-6-7-19-9-12(15)17/h1-5,11H,6-9,14H2,(H2,15,17)(H,16,18). The van der Waals surface area contributed by atoms with Gasteiger partial charge < -0.3 is 21.5 Å². The summed E-state index contributed by atoms with van der Waals surface area (Å²) in [5, 5.41) is 2.71. The Morgan fingerprint density at radius 1 is 1.26 bits per heavy atom. The van der Waals surface area contributed by atoms with Gasteiger partial charge in [-0.15, -0.1) is 0 Å². The highest BCUT2D eigenvalue weighted by Crippen LogP contribution is 2.13. The third-order valence-electron chi connectivity index (χ3n) is 2.54. The zero-order valence-corrected chi connectivity index (χ0v) is 10.7. The highest BCUT2D eigenvalue weighted by atomic mass is 16.5. The topological polar surface area (TPSA) is 107 Å². The molecule has 1 rings (SSSR count). The third-order valence-corrected chi connectivity index (χ3v) is 2.54. The van der Waals surface area contributed by atoms with Crippen LogP contribution in [0, 0.1) is 0 Å². The normalized spacial score (nSPS) is 11.8. The number of rotatable bonds is 8. The summed E-state index contributed by atoms with van der Waals surface area (Å²) in [6.45, 7) is 0.642. The Balaban J connectivity index is 2.37. The molecule has 0 aromatic heterocycles. The Labute approximate surface area is 112 Å². The van der Waals surface area contributed by atoms with E-state index in [0.29, 0.717) is 6.54 Å². The zero-order valence-electron chi connectivity index (χ0n) is 10.7. The van der Waals surface area contributed by atoms with Crippen LogP contribution in [0.15, 0.2) is 30.3 Å². The van der Waals surface area contributed by atoms with Crippen molar-refractivity contribution in [2.45, 2.75) is 5.92 Å². The molecule has 0 saturated heterocycles. The van der Waals surface area contributed by atoms with Gasteiger partial charge in [0, 0.05) is 13.1 Å². The number of hydrogen-bond acceptors (Lipinski definition) is 4. The molecule has 0 bridgehead atoms. The fraction of sp³-hybridized carbons (Fsp3) is 0.385. The summed E-state index contributed by atoms with van der Waals surface area (Å²) in [7, 11) is 0. The summed E-state index contributed by atoms with van der Waals surface area (Å²) < 4.78 is 4.94. The Morgan fingerprint density at radius 3 is 2.53 bits per heavy atom. The SMILES string of the molecule is NCC(C(=O)NCCOCC(N)=O)c1ccccc1. The second kappa shape index (κ2) is 8.23. The lowest BCUT2D eigenvalue weighted by Gasteiger charge is -2.15. The quantitative estimate of drug-likeness (QED) is 0.543. The molecule has 1 aromatic rings. The van der Waals surface area contributed by atoms with Gasteiger partial charge in [0.15, 0.2) is 0 Å². The van der Waals surface area contributed by atoms with Gasteiger partial charge in [-0.25, -0.2) is 0 Å². The van der Waals surface area contributed by atoms with Crippen LogP contribution in [0.1, 0.15) is 11.5 Å². The van der Waals surface area contributed by atoms with Crippen molar-refractivity contribution >= 4 is 11.8 Å². The molecule has 104 valence electrons. The largest absolute Gasteiger partial charge is 0.370 e. The van der Waals surface area contributed by atoms with Gasteiger partial charge in [-0.3, -0.25) is 9.59 Å². The van der Waals surface area contributed by atoms with E-state index in [1.54, 1.807) is 0 Å². The maximum atomic E-state index is 11.9. The first-order valence-electron chi connectivity index (χ1n) is 6.04. The summed E-state index contributed by atoms with van der Waals surface area (Å²) in [6.07, 6.45) is 0. The average molecular weight is 265 g/mol. The van der Waals surface area contributed by atoms with E-state index in [4.69, 9.17) is 16.2 Å². The number of carbonyl (C=O) groups excluding carboxylic acids is 2. The van der Waals surface area contributed by atoms with Crippen LogP contribution in [0.5, 0.6) is 0 Å². The molecule has 0 aliphatic carbocycles. The zero-order chi connectivity index (χ0) is 14.1. The van der Waals surface area contributed by atoms with Crippen LogP contribution in [0.2, 0.25) is 0 Å². The Morgan fingerprint density at radius 2 is 1.95 bits per heavy atom. The molecular formula is C13H19N3O3. The van der Waals surface area contributed by atoms with Gasteiger partial charge in [0.05, 0.1) is 12.5 Å². The van der Waals surface area contributed by atoms with E-state index in [-0.39, 0.29) is 31.6 Å².